The Balaban J connectivity index is 1.63. The maximum atomic E-state index is 12.3. The molecule has 0 aliphatic rings. The van der Waals surface area contributed by atoms with Crippen molar-refractivity contribution in [1.29, 1.82) is 0 Å². The van der Waals surface area contributed by atoms with Crippen molar-refractivity contribution in [3.63, 3.8) is 0 Å². The van der Waals surface area contributed by atoms with Crippen molar-refractivity contribution in [2.75, 3.05) is 6.61 Å². The number of benzene rings is 2. The van der Waals surface area contributed by atoms with Gasteiger partial charge in [-0.05, 0) is 29.3 Å². The van der Waals surface area contributed by atoms with Crippen LogP contribution in [0, 0.1) is 0 Å². The van der Waals surface area contributed by atoms with Crippen molar-refractivity contribution in [1.82, 2.24) is 4.57 Å². The lowest BCUT2D eigenvalue weighted by Crippen LogP contribution is -2.19. The molecular weight excluding hydrogens is 357 g/mol. The minimum Gasteiger partial charge on any atom is -0.493 e. The second-order valence-corrected chi connectivity index (χ2v) is 6.49. The van der Waals surface area contributed by atoms with Crippen LogP contribution >= 0.6 is 23.2 Å². The highest BCUT2D eigenvalue weighted by Crippen LogP contribution is 2.21. The maximum absolute atomic E-state index is 12.3. The Morgan fingerprint density at radius 3 is 2.48 bits per heavy atom. The highest BCUT2D eigenvalue weighted by molar-refractivity contribution is 6.35. The normalized spacial score (nSPS) is 10.6. The quantitative estimate of drug-likeness (QED) is 0.619. The molecule has 0 bridgehead atoms. The van der Waals surface area contributed by atoms with E-state index in [1.54, 1.807) is 29.0 Å². The van der Waals surface area contributed by atoms with E-state index >= 15 is 0 Å². The summed E-state index contributed by atoms with van der Waals surface area (Å²) in [6.45, 7) is 0.912. The summed E-state index contributed by atoms with van der Waals surface area (Å²) in [4.78, 5) is 12.3. The van der Waals surface area contributed by atoms with Gasteiger partial charge in [0.15, 0.2) is 0 Å². The molecule has 0 unspecified atom stereocenters. The SMILES string of the molecule is O=c1cc(OCCc2ccccc2)ccn1Cc1ccc(Cl)cc1Cl. The van der Waals surface area contributed by atoms with E-state index in [4.69, 9.17) is 27.9 Å². The predicted molar refractivity (Wildman–Crippen MR) is 102 cm³/mol. The van der Waals surface area contributed by atoms with Gasteiger partial charge in [0.25, 0.3) is 5.56 Å². The molecule has 0 spiro atoms. The summed E-state index contributed by atoms with van der Waals surface area (Å²) in [6.07, 6.45) is 2.51. The van der Waals surface area contributed by atoms with E-state index in [0.717, 1.165) is 12.0 Å². The number of hydrogen-bond donors (Lipinski definition) is 0. The minimum atomic E-state index is -0.136. The van der Waals surface area contributed by atoms with Gasteiger partial charge >= 0.3 is 0 Å². The van der Waals surface area contributed by atoms with E-state index in [9.17, 15) is 4.79 Å². The lowest BCUT2D eigenvalue weighted by Gasteiger charge is -2.10. The first-order chi connectivity index (χ1) is 12.1. The summed E-state index contributed by atoms with van der Waals surface area (Å²) in [6, 6.07) is 18.6. The van der Waals surface area contributed by atoms with Gasteiger partial charge < -0.3 is 9.30 Å². The summed E-state index contributed by atoms with van der Waals surface area (Å²) in [5.41, 5.74) is 1.90. The zero-order valence-electron chi connectivity index (χ0n) is 13.5. The smallest absolute Gasteiger partial charge is 0.254 e. The van der Waals surface area contributed by atoms with Crippen LogP contribution < -0.4 is 10.3 Å². The zero-order chi connectivity index (χ0) is 17.6. The zero-order valence-corrected chi connectivity index (χ0v) is 15.0. The first-order valence-corrected chi connectivity index (χ1v) is 8.68. The Morgan fingerprint density at radius 2 is 1.76 bits per heavy atom. The average molecular weight is 374 g/mol. The first-order valence-electron chi connectivity index (χ1n) is 7.93. The van der Waals surface area contributed by atoms with Gasteiger partial charge in [-0.25, -0.2) is 0 Å². The van der Waals surface area contributed by atoms with E-state index < -0.39 is 0 Å². The fourth-order valence-corrected chi connectivity index (χ4v) is 2.94. The highest BCUT2D eigenvalue weighted by Gasteiger charge is 2.05. The Bertz CT molecular complexity index is 907. The van der Waals surface area contributed by atoms with Gasteiger partial charge in [0.05, 0.1) is 13.2 Å². The van der Waals surface area contributed by atoms with Gasteiger partial charge in [-0.15, -0.1) is 0 Å². The van der Waals surface area contributed by atoms with Crippen LogP contribution in [-0.2, 0) is 13.0 Å². The van der Waals surface area contributed by atoms with E-state index in [1.165, 1.54) is 11.6 Å². The molecule has 3 rings (SSSR count). The Labute approximate surface area is 156 Å². The number of aromatic nitrogens is 1. The molecule has 1 heterocycles. The molecule has 0 saturated carbocycles. The molecule has 0 atom stereocenters. The van der Waals surface area contributed by atoms with Crippen molar-refractivity contribution in [2.24, 2.45) is 0 Å². The summed E-state index contributed by atoms with van der Waals surface area (Å²) < 4.78 is 7.26. The van der Waals surface area contributed by atoms with Gasteiger partial charge in [-0.1, -0.05) is 59.6 Å². The van der Waals surface area contributed by atoms with Crippen molar-refractivity contribution >= 4 is 23.2 Å². The molecule has 0 amide bonds. The lowest BCUT2D eigenvalue weighted by molar-refractivity contribution is 0.320. The van der Waals surface area contributed by atoms with E-state index in [2.05, 4.69) is 12.1 Å². The van der Waals surface area contributed by atoms with Gasteiger partial charge in [-0.3, -0.25) is 4.79 Å². The lowest BCUT2D eigenvalue weighted by atomic mass is 10.2. The molecule has 0 aliphatic carbocycles. The van der Waals surface area contributed by atoms with Crippen LogP contribution in [0.4, 0.5) is 0 Å². The van der Waals surface area contributed by atoms with Gasteiger partial charge in [0.1, 0.15) is 5.75 Å². The van der Waals surface area contributed by atoms with Crippen LogP contribution in [0.15, 0.2) is 71.7 Å². The topological polar surface area (TPSA) is 31.2 Å². The molecule has 0 fully saturated rings. The largest absolute Gasteiger partial charge is 0.493 e. The molecule has 0 N–H and O–H groups in total. The molecule has 0 radical (unpaired) electrons. The van der Waals surface area contributed by atoms with E-state index in [1.807, 2.05) is 24.3 Å². The Kier molecular flexibility index (Phi) is 5.79. The molecule has 0 saturated heterocycles. The van der Waals surface area contributed by atoms with Crippen LogP contribution in [0.2, 0.25) is 10.0 Å². The van der Waals surface area contributed by atoms with Crippen molar-refractivity contribution in [2.45, 2.75) is 13.0 Å². The molecule has 128 valence electrons. The fourth-order valence-electron chi connectivity index (χ4n) is 2.47. The summed E-state index contributed by atoms with van der Waals surface area (Å²) in [5, 5.41) is 1.12. The monoisotopic (exact) mass is 373 g/mol. The highest BCUT2D eigenvalue weighted by atomic mass is 35.5. The molecule has 5 heteroatoms. The molecule has 25 heavy (non-hydrogen) atoms. The third-order valence-corrected chi connectivity index (χ3v) is 4.41. The predicted octanol–water partition coefficient (Wildman–Crippen LogP) is 4.82. The summed E-state index contributed by atoms with van der Waals surface area (Å²) in [7, 11) is 0. The molecule has 3 aromatic rings. The molecule has 3 nitrogen and oxygen atoms in total. The Morgan fingerprint density at radius 1 is 0.960 bits per heavy atom. The van der Waals surface area contributed by atoms with Crippen LogP contribution in [0.1, 0.15) is 11.1 Å². The van der Waals surface area contributed by atoms with Crippen molar-refractivity contribution in [3.8, 4) is 5.75 Å². The minimum absolute atomic E-state index is 0.136. The maximum Gasteiger partial charge on any atom is 0.254 e. The number of pyridine rings is 1. The third-order valence-electron chi connectivity index (χ3n) is 3.83. The Hall–Kier alpha value is -2.23. The van der Waals surface area contributed by atoms with Gasteiger partial charge in [0, 0.05) is 28.7 Å². The van der Waals surface area contributed by atoms with E-state index in [0.29, 0.717) is 28.9 Å². The van der Waals surface area contributed by atoms with E-state index in [-0.39, 0.29) is 5.56 Å². The standard InChI is InChI=1S/C20H17Cl2NO2/c21-17-7-6-16(19(22)12-17)14-23-10-8-18(13-20(23)24)25-11-9-15-4-2-1-3-5-15/h1-8,10,12-13H,9,11,14H2. The second kappa shape index (κ2) is 8.24. The first kappa shape index (κ1) is 17.6. The molecule has 0 aliphatic heterocycles. The number of nitrogens with zero attached hydrogens (tertiary/aromatic N) is 1. The van der Waals surface area contributed by atoms with Crippen molar-refractivity contribution in [3.05, 3.63) is 98.4 Å². The van der Waals surface area contributed by atoms with Crippen LogP contribution in [0.25, 0.3) is 0 Å². The van der Waals surface area contributed by atoms with Crippen LogP contribution in [-0.4, -0.2) is 11.2 Å². The van der Waals surface area contributed by atoms with Gasteiger partial charge in [-0.2, -0.15) is 0 Å². The summed E-state index contributed by atoms with van der Waals surface area (Å²) in [5.74, 6) is 0.569. The second-order valence-electron chi connectivity index (χ2n) is 5.65. The number of halogens is 2. The molecule has 1 aromatic heterocycles. The number of hydrogen-bond acceptors (Lipinski definition) is 2. The van der Waals surface area contributed by atoms with Gasteiger partial charge in [0.2, 0.25) is 0 Å². The van der Waals surface area contributed by atoms with Crippen LogP contribution in [0.3, 0.4) is 0 Å². The van der Waals surface area contributed by atoms with Crippen molar-refractivity contribution < 1.29 is 4.74 Å². The fraction of sp³-hybridized carbons (Fsp3) is 0.150. The number of ether oxygens (including phenoxy) is 1. The van der Waals surface area contributed by atoms with Crippen LogP contribution in [0.5, 0.6) is 5.75 Å². The average Bonchev–Trinajstić information content (AvgIpc) is 2.60. The molecular formula is C20H17Cl2NO2. The number of rotatable bonds is 6. The third kappa shape index (κ3) is 4.88. The molecule has 2 aromatic carbocycles. The summed E-state index contributed by atoms with van der Waals surface area (Å²) >= 11 is 12.1.